The average Bonchev–Trinajstić information content (AvgIpc) is 3.23. The molecule has 5 heteroatoms. The van der Waals surface area contributed by atoms with Gasteiger partial charge < -0.3 is 9.84 Å². The molecule has 0 spiro atoms. The molecule has 126 valence electrons. The maximum Gasteiger partial charge on any atom is 0.411 e. The van der Waals surface area contributed by atoms with E-state index in [1.54, 1.807) is 6.08 Å². The lowest BCUT2D eigenvalue weighted by molar-refractivity contribution is -0.140. The molecule has 25 heavy (non-hydrogen) atoms. The van der Waals surface area contributed by atoms with Gasteiger partial charge in [0.15, 0.2) is 6.04 Å². The standard InChI is InChI=1S/C20H17NO4/c22-19(23)18-10-5-11-21(18)20(24)25-12-17-15-8-3-1-6-13(15)14-7-2-4-9-16(14)17/h1-10,17-18H,11-12H2,(H,22,23)/t18-/m0/s1. The smallest absolute Gasteiger partial charge is 0.411 e. The predicted molar refractivity (Wildman–Crippen MR) is 92.3 cm³/mol. The van der Waals surface area contributed by atoms with Crippen molar-refractivity contribution in [2.24, 2.45) is 0 Å². The highest BCUT2D eigenvalue weighted by Crippen LogP contribution is 2.44. The number of aliphatic carboxylic acids is 1. The van der Waals surface area contributed by atoms with Crippen LogP contribution in [-0.2, 0) is 9.53 Å². The second kappa shape index (κ2) is 6.09. The van der Waals surface area contributed by atoms with Crippen molar-refractivity contribution in [2.75, 3.05) is 13.2 Å². The van der Waals surface area contributed by atoms with Crippen LogP contribution in [0.5, 0.6) is 0 Å². The van der Waals surface area contributed by atoms with Crippen molar-refractivity contribution in [3.63, 3.8) is 0 Å². The van der Waals surface area contributed by atoms with Gasteiger partial charge in [-0.15, -0.1) is 0 Å². The molecular formula is C20H17NO4. The van der Waals surface area contributed by atoms with Crippen LogP contribution in [-0.4, -0.2) is 41.3 Å². The Morgan fingerprint density at radius 1 is 1.04 bits per heavy atom. The summed E-state index contributed by atoms with van der Waals surface area (Å²) in [4.78, 5) is 24.8. The Morgan fingerprint density at radius 3 is 2.24 bits per heavy atom. The lowest BCUT2D eigenvalue weighted by atomic mass is 9.98. The molecule has 1 heterocycles. The van der Waals surface area contributed by atoms with E-state index in [2.05, 4.69) is 12.1 Å². The van der Waals surface area contributed by atoms with Gasteiger partial charge in [0.2, 0.25) is 0 Å². The molecule has 2 aliphatic rings. The van der Waals surface area contributed by atoms with Crippen LogP contribution in [0.25, 0.3) is 11.1 Å². The van der Waals surface area contributed by atoms with Crippen molar-refractivity contribution in [3.05, 3.63) is 71.8 Å². The molecule has 5 nitrogen and oxygen atoms in total. The molecule has 2 aromatic rings. The zero-order valence-corrected chi connectivity index (χ0v) is 13.5. The second-order valence-corrected chi connectivity index (χ2v) is 6.17. The number of fused-ring (bicyclic) bond motifs is 3. The Morgan fingerprint density at radius 2 is 1.64 bits per heavy atom. The number of hydrogen-bond acceptors (Lipinski definition) is 3. The van der Waals surface area contributed by atoms with Crippen LogP contribution in [0, 0.1) is 0 Å². The Labute approximate surface area is 145 Å². The summed E-state index contributed by atoms with van der Waals surface area (Å²) in [7, 11) is 0. The van der Waals surface area contributed by atoms with Crippen molar-refractivity contribution in [1.29, 1.82) is 0 Å². The van der Waals surface area contributed by atoms with Gasteiger partial charge in [-0.1, -0.05) is 60.7 Å². The van der Waals surface area contributed by atoms with Crippen LogP contribution in [0.1, 0.15) is 17.0 Å². The monoisotopic (exact) mass is 335 g/mol. The van der Waals surface area contributed by atoms with Gasteiger partial charge in [0.1, 0.15) is 6.61 Å². The maximum atomic E-state index is 12.3. The van der Waals surface area contributed by atoms with Crippen LogP contribution in [0.15, 0.2) is 60.7 Å². The van der Waals surface area contributed by atoms with E-state index in [4.69, 9.17) is 4.74 Å². The molecule has 1 amide bonds. The summed E-state index contributed by atoms with van der Waals surface area (Å²) in [6, 6.07) is 15.2. The Balaban J connectivity index is 1.54. The lowest BCUT2D eigenvalue weighted by Gasteiger charge is -2.22. The van der Waals surface area contributed by atoms with Gasteiger partial charge in [-0.25, -0.2) is 9.59 Å². The summed E-state index contributed by atoms with van der Waals surface area (Å²) < 4.78 is 5.49. The number of amides is 1. The first-order chi connectivity index (χ1) is 12.2. The molecule has 0 radical (unpaired) electrons. The van der Waals surface area contributed by atoms with Gasteiger partial charge in [0.05, 0.1) is 0 Å². The number of carbonyl (C=O) groups excluding carboxylic acids is 1. The topological polar surface area (TPSA) is 66.8 Å². The first kappa shape index (κ1) is 15.4. The minimum Gasteiger partial charge on any atom is -0.479 e. The number of benzene rings is 2. The highest BCUT2D eigenvalue weighted by molar-refractivity contribution is 5.83. The highest BCUT2D eigenvalue weighted by atomic mass is 16.6. The first-order valence-electron chi connectivity index (χ1n) is 8.18. The molecular weight excluding hydrogens is 318 g/mol. The summed E-state index contributed by atoms with van der Waals surface area (Å²) >= 11 is 0. The summed E-state index contributed by atoms with van der Waals surface area (Å²) in [6.07, 6.45) is 2.57. The van der Waals surface area contributed by atoms with Crippen molar-refractivity contribution in [3.8, 4) is 11.1 Å². The molecule has 0 unspecified atom stereocenters. The maximum absolute atomic E-state index is 12.3. The van der Waals surface area contributed by atoms with Gasteiger partial charge in [0.25, 0.3) is 0 Å². The third kappa shape index (κ3) is 2.58. The van der Waals surface area contributed by atoms with Crippen LogP contribution in [0.2, 0.25) is 0 Å². The summed E-state index contributed by atoms with van der Waals surface area (Å²) in [5.41, 5.74) is 4.58. The van der Waals surface area contributed by atoms with Crippen LogP contribution in [0.4, 0.5) is 4.79 Å². The van der Waals surface area contributed by atoms with Crippen molar-refractivity contribution in [1.82, 2.24) is 4.90 Å². The Kier molecular flexibility index (Phi) is 3.76. The van der Waals surface area contributed by atoms with Crippen LogP contribution >= 0.6 is 0 Å². The fourth-order valence-electron chi connectivity index (χ4n) is 3.60. The molecule has 1 aliphatic heterocycles. The normalized spacial score (nSPS) is 18.1. The molecule has 0 fully saturated rings. The number of rotatable bonds is 3. The van der Waals surface area contributed by atoms with E-state index in [1.165, 1.54) is 11.0 Å². The molecule has 0 bridgehead atoms. The molecule has 0 saturated carbocycles. The zero-order valence-electron chi connectivity index (χ0n) is 13.5. The summed E-state index contributed by atoms with van der Waals surface area (Å²) in [5.74, 6) is -1.09. The highest BCUT2D eigenvalue weighted by Gasteiger charge is 2.33. The number of nitrogens with zero attached hydrogens (tertiary/aromatic N) is 1. The fourth-order valence-corrected chi connectivity index (χ4v) is 3.60. The molecule has 4 rings (SSSR count). The zero-order chi connectivity index (χ0) is 17.4. The molecule has 1 N–H and O–H groups in total. The Hall–Kier alpha value is -3.08. The van der Waals surface area contributed by atoms with E-state index in [0.717, 1.165) is 22.3 Å². The van der Waals surface area contributed by atoms with E-state index in [0.29, 0.717) is 0 Å². The van der Waals surface area contributed by atoms with Gasteiger partial charge in [-0.2, -0.15) is 0 Å². The minimum atomic E-state index is -1.05. The van der Waals surface area contributed by atoms with Crippen molar-refractivity contribution >= 4 is 12.1 Å². The van der Waals surface area contributed by atoms with E-state index in [1.807, 2.05) is 36.4 Å². The predicted octanol–water partition coefficient (Wildman–Crippen LogP) is 3.26. The Bertz CT molecular complexity index is 828. The van der Waals surface area contributed by atoms with Crippen LogP contribution in [0.3, 0.4) is 0 Å². The molecule has 0 aromatic heterocycles. The first-order valence-corrected chi connectivity index (χ1v) is 8.18. The fraction of sp³-hybridized carbons (Fsp3) is 0.200. The van der Waals surface area contributed by atoms with E-state index in [9.17, 15) is 14.7 Å². The molecule has 2 aromatic carbocycles. The SMILES string of the molecule is O=C(O)[C@@H]1C=CCN1C(=O)OCC1c2ccccc2-c2ccccc21. The lowest BCUT2D eigenvalue weighted by Crippen LogP contribution is -2.41. The molecule has 1 aliphatic carbocycles. The molecule has 1 atom stereocenters. The van der Waals surface area contributed by atoms with E-state index >= 15 is 0 Å². The van der Waals surface area contributed by atoms with Crippen molar-refractivity contribution < 1.29 is 19.4 Å². The van der Waals surface area contributed by atoms with E-state index in [-0.39, 0.29) is 19.1 Å². The van der Waals surface area contributed by atoms with Gasteiger partial charge in [-0.05, 0) is 22.3 Å². The van der Waals surface area contributed by atoms with Gasteiger partial charge in [0, 0.05) is 12.5 Å². The third-order valence-corrected chi connectivity index (χ3v) is 4.78. The number of carboxylic acids is 1. The minimum absolute atomic E-state index is 0.0322. The largest absolute Gasteiger partial charge is 0.479 e. The van der Waals surface area contributed by atoms with Crippen LogP contribution < -0.4 is 0 Å². The average molecular weight is 335 g/mol. The second-order valence-electron chi connectivity index (χ2n) is 6.17. The summed E-state index contributed by atoms with van der Waals surface area (Å²) in [6.45, 7) is 0.448. The number of ether oxygens (including phenoxy) is 1. The van der Waals surface area contributed by atoms with E-state index < -0.39 is 18.1 Å². The van der Waals surface area contributed by atoms with Crippen molar-refractivity contribution in [2.45, 2.75) is 12.0 Å². The summed E-state index contributed by atoms with van der Waals surface area (Å²) in [5, 5.41) is 9.17. The number of hydrogen-bond donors (Lipinski definition) is 1. The number of carboxylic acid groups (broad SMARTS) is 1. The van der Waals surface area contributed by atoms with Gasteiger partial charge >= 0.3 is 12.1 Å². The third-order valence-electron chi connectivity index (χ3n) is 4.78. The quantitative estimate of drug-likeness (QED) is 0.874. The molecule has 0 saturated heterocycles. The van der Waals surface area contributed by atoms with Gasteiger partial charge in [-0.3, -0.25) is 4.90 Å². The number of carbonyl (C=O) groups is 2.